The summed E-state index contributed by atoms with van der Waals surface area (Å²) in [6.45, 7) is 0.350. The van der Waals surface area contributed by atoms with Crippen LogP contribution in [-0.2, 0) is 17.0 Å². The number of carbonyl (C=O) groups excluding carboxylic acids is 1. The van der Waals surface area contributed by atoms with Gasteiger partial charge in [0, 0.05) is 24.5 Å². The molecule has 2 aromatic heterocycles. The number of esters is 1. The monoisotopic (exact) mass is 374 g/mol. The van der Waals surface area contributed by atoms with Crippen LogP contribution < -0.4 is 5.56 Å². The third kappa shape index (κ3) is 3.66. The maximum absolute atomic E-state index is 12.8. The molecule has 2 heterocycles. The number of aromatic nitrogens is 2. The Kier molecular flexibility index (Phi) is 5.75. The standard InChI is InChI=1S/C18H18N2O5S/c1-24-17(23)15-12(7-10-25-15)11-26-18-19-14-6-3-2-5-13(14)16(22)20(18)8-4-9-21/h2-3,5-7,10,21H,4,8-9,11H2,1H3. The molecular weight excluding hydrogens is 356 g/mol. The number of rotatable bonds is 7. The van der Waals surface area contributed by atoms with Gasteiger partial charge >= 0.3 is 5.97 Å². The molecule has 3 aromatic rings. The minimum atomic E-state index is -0.547. The summed E-state index contributed by atoms with van der Waals surface area (Å²) in [7, 11) is 1.29. The van der Waals surface area contributed by atoms with Crippen molar-refractivity contribution in [3.63, 3.8) is 0 Å². The fourth-order valence-electron chi connectivity index (χ4n) is 2.55. The van der Waals surface area contributed by atoms with E-state index in [-0.39, 0.29) is 17.9 Å². The lowest BCUT2D eigenvalue weighted by atomic mass is 10.2. The van der Waals surface area contributed by atoms with Gasteiger partial charge in [-0.2, -0.15) is 0 Å². The van der Waals surface area contributed by atoms with Crippen molar-refractivity contribution in [2.45, 2.75) is 23.9 Å². The molecule has 0 spiro atoms. The van der Waals surface area contributed by atoms with E-state index in [1.165, 1.54) is 25.1 Å². The van der Waals surface area contributed by atoms with Crippen LogP contribution in [0.5, 0.6) is 0 Å². The third-order valence-corrected chi connectivity index (χ3v) is 4.87. The molecule has 3 rings (SSSR count). The number of furan rings is 1. The summed E-state index contributed by atoms with van der Waals surface area (Å²) in [5.74, 6) is -0.00929. The molecule has 0 atom stereocenters. The van der Waals surface area contributed by atoms with Crippen molar-refractivity contribution in [1.29, 1.82) is 0 Å². The zero-order chi connectivity index (χ0) is 18.5. The van der Waals surface area contributed by atoms with Crippen molar-refractivity contribution in [2.24, 2.45) is 0 Å². The minimum absolute atomic E-state index is 0.0163. The van der Waals surface area contributed by atoms with Crippen LogP contribution in [0.1, 0.15) is 22.5 Å². The number of aliphatic hydroxyl groups is 1. The van der Waals surface area contributed by atoms with Gasteiger partial charge in [-0.3, -0.25) is 9.36 Å². The van der Waals surface area contributed by atoms with Gasteiger partial charge in [0.2, 0.25) is 5.76 Å². The summed E-state index contributed by atoms with van der Waals surface area (Å²) in [5, 5.41) is 10.2. The quantitative estimate of drug-likeness (QED) is 0.386. The molecule has 1 aromatic carbocycles. The largest absolute Gasteiger partial charge is 0.463 e. The van der Waals surface area contributed by atoms with Crippen molar-refractivity contribution in [3.8, 4) is 0 Å². The Hall–Kier alpha value is -2.58. The van der Waals surface area contributed by atoms with E-state index < -0.39 is 5.97 Å². The average molecular weight is 374 g/mol. The van der Waals surface area contributed by atoms with Crippen molar-refractivity contribution < 1.29 is 19.1 Å². The van der Waals surface area contributed by atoms with Crippen LogP contribution >= 0.6 is 11.8 Å². The van der Waals surface area contributed by atoms with Crippen LogP contribution in [0.2, 0.25) is 0 Å². The maximum Gasteiger partial charge on any atom is 0.374 e. The lowest BCUT2D eigenvalue weighted by Crippen LogP contribution is -2.24. The van der Waals surface area contributed by atoms with Crippen LogP contribution in [0.4, 0.5) is 0 Å². The number of aliphatic hydroxyl groups excluding tert-OH is 1. The summed E-state index contributed by atoms with van der Waals surface area (Å²) in [4.78, 5) is 29.1. The predicted molar refractivity (Wildman–Crippen MR) is 97.3 cm³/mol. The number of thioether (sulfide) groups is 1. The second-order valence-electron chi connectivity index (χ2n) is 5.50. The zero-order valence-electron chi connectivity index (χ0n) is 14.2. The number of fused-ring (bicyclic) bond motifs is 1. The molecule has 0 saturated heterocycles. The lowest BCUT2D eigenvalue weighted by Gasteiger charge is -2.12. The fourth-order valence-corrected chi connectivity index (χ4v) is 3.55. The van der Waals surface area contributed by atoms with Crippen molar-refractivity contribution in [2.75, 3.05) is 13.7 Å². The molecule has 0 saturated carbocycles. The highest BCUT2D eigenvalue weighted by atomic mass is 32.2. The molecule has 7 nitrogen and oxygen atoms in total. The number of hydrogen-bond donors (Lipinski definition) is 1. The van der Waals surface area contributed by atoms with E-state index in [0.29, 0.717) is 40.3 Å². The summed E-state index contributed by atoms with van der Waals surface area (Å²) >= 11 is 1.33. The Balaban J connectivity index is 1.95. The first-order valence-electron chi connectivity index (χ1n) is 8.03. The predicted octanol–water partition coefficient (Wildman–Crippen LogP) is 2.45. The summed E-state index contributed by atoms with van der Waals surface area (Å²) in [6.07, 6.45) is 1.88. The van der Waals surface area contributed by atoms with Gasteiger partial charge in [0.1, 0.15) is 0 Å². The van der Waals surface area contributed by atoms with Gasteiger partial charge in [-0.15, -0.1) is 0 Å². The van der Waals surface area contributed by atoms with E-state index in [0.717, 1.165) is 0 Å². The maximum atomic E-state index is 12.8. The molecule has 1 N–H and O–H groups in total. The van der Waals surface area contributed by atoms with Gasteiger partial charge in [-0.25, -0.2) is 9.78 Å². The summed E-state index contributed by atoms with van der Waals surface area (Å²) in [5.41, 5.74) is 1.13. The van der Waals surface area contributed by atoms with Gasteiger partial charge in [-0.1, -0.05) is 23.9 Å². The topological polar surface area (TPSA) is 94.6 Å². The highest BCUT2D eigenvalue weighted by Gasteiger charge is 2.17. The molecule has 0 aliphatic carbocycles. The second-order valence-corrected chi connectivity index (χ2v) is 6.44. The van der Waals surface area contributed by atoms with E-state index in [9.17, 15) is 9.59 Å². The highest BCUT2D eigenvalue weighted by molar-refractivity contribution is 7.98. The third-order valence-electron chi connectivity index (χ3n) is 3.84. The van der Waals surface area contributed by atoms with E-state index in [1.54, 1.807) is 28.8 Å². The SMILES string of the molecule is COC(=O)c1occc1CSc1nc2ccccc2c(=O)n1CCCO. The number of carbonyl (C=O) groups is 1. The minimum Gasteiger partial charge on any atom is -0.463 e. The number of methoxy groups -OCH3 is 1. The normalized spacial score (nSPS) is 11.0. The van der Waals surface area contributed by atoms with Crippen LogP contribution in [0, 0.1) is 0 Å². The smallest absolute Gasteiger partial charge is 0.374 e. The molecule has 136 valence electrons. The molecule has 0 amide bonds. The Morgan fingerprint density at radius 1 is 1.35 bits per heavy atom. The Morgan fingerprint density at radius 3 is 2.92 bits per heavy atom. The van der Waals surface area contributed by atoms with Gasteiger partial charge in [0.25, 0.3) is 5.56 Å². The van der Waals surface area contributed by atoms with Crippen LogP contribution in [-0.4, -0.2) is 34.3 Å². The first-order valence-corrected chi connectivity index (χ1v) is 9.02. The van der Waals surface area contributed by atoms with Crippen LogP contribution in [0.15, 0.2) is 51.0 Å². The number of nitrogens with zero attached hydrogens (tertiary/aromatic N) is 2. The van der Waals surface area contributed by atoms with E-state index in [4.69, 9.17) is 14.3 Å². The Labute approximate surface area is 153 Å². The molecule has 8 heteroatoms. The van der Waals surface area contributed by atoms with Gasteiger partial charge in [0.05, 0.1) is 24.3 Å². The van der Waals surface area contributed by atoms with Crippen molar-refractivity contribution in [1.82, 2.24) is 9.55 Å². The molecule has 26 heavy (non-hydrogen) atoms. The van der Waals surface area contributed by atoms with Gasteiger partial charge in [0.15, 0.2) is 5.16 Å². The molecule has 0 aliphatic heterocycles. The van der Waals surface area contributed by atoms with Crippen molar-refractivity contribution >= 4 is 28.6 Å². The lowest BCUT2D eigenvalue weighted by molar-refractivity contribution is 0.0564. The first-order chi connectivity index (χ1) is 12.7. The van der Waals surface area contributed by atoms with Crippen LogP contribution in [0.3, 0.4) is 0 Å². The molecule has 0 radical (unpaired) electrons. The molecule has 0 aliphatic rings. The Bertz CT molecular complexity index is 979. The first kappa shape index (κ1) is 18.2. The number of para-hydroxylation sites is 1. The second kappa shape index (κ2) is 8.20. The van der Waals surface area contributed by atoms with Crippen LogP contribution in [0.25, 0.3) is 10.9 Å². The average Bonchev–Trinajstić information content (AvgIpc) is 3.14. The number of ether oxygens (including phenoxy) is 1. The van der Waals surface area contributed by atoms with E-state index in [1.807, 2.05) is 6.07 Å². The Morgan fingerprint density at radius 2 is 2.15 bits per heavy atom. The summed E-state index contributed by atoms with van der Waals surface area (Å²) < 4.78 is 11.4. The number of hydrogen-bond acceptors (Lipinski definition) is 7. The molecule has 0 unspecified atom stereocenters. The highest BCUT2D eigenvalue weighted by Crippen LogP contribution is 2.25. The molecule has 0 fully saturated rings. The fraction of sp³-hybridized carbons (Fsp3) is 0.278. The summed E-state index contributed by atoms with van der Waals surface area (Å²) in [6, 6.07) is 8.83. The van der Waals surface area contributed by atoms with E-state index in [2.05, 4.69) is 4.98 Å². The van der Waals surface area contributed by atoms with Gasteiger partial charge in [-0.05, 0) is 24.6 Å². The molecule has 0 bridgehead atoms. The van der Waals surface area contributed by atoms with Gasteiger partial charge < -0.3 is 14.3 Å². The zero-order valence-corrected chi connectivity index (χ0v) is 15.0. The molecular formula is C18H18N2O5S. The van der Waals surface area contributed by atoms with E-state index >= 15 is 0 Å². The number of benzene rings is 1. The van der Waals surface area contributed by atoms with Crippen molar-refractivity contribution in [3.05, 3.63) is 58.3 Å².